The molecular weight excluding hydrogens is 216 g/mol. The van der Waals surface area contributed by atoms with Crippen LogP contribution in [0.2, 0.25) is 0 Å². The molecule has 0 bridgehead atoms. The molecule has 1 saturated heterocycles. The average molecular weight is 238 g/mol. The van der Waals surface area contributed by atoms with Gasteiger partial charge in [-0.25, -0.2) is 4.98 Å². The summed E-state index contributed by atoms with van der Waals surface area (Å²) in [4.78, 5) is 6.74. The molecule has 2 unspecified atom stereocenters. The Hall–Kier alpha value is -0.910. The zero-order valence-electron chi connectivity index (χ0n) is 10.9. The van der Waals surface area contributed by atoms with E-state index in [4.69, 9.17) is 4.74 Å². The lowest BCUT2D eigenvalue weighted by Gasteiger charge is -2.35. The Morgan fingerprint density at radius 1 is 1.59 bits per heavy atom. The van der Waals surface area contributed by atoms with Gasteiger partial charge in [0.2, 0.25) is 0 Å². The summed E-state index contributed by atoms with van der Waals surface area (Å²) >= 11 is 0. The number of aromatic nitrogens is 2. The Kier molecular flexibility index (Phi) is 4.15. The summed E-state index contributed by atoms with van der Waals surface area (Å²) < 4.78 is 7.95. The summed E-state index contributed by atoms with van der Waals surface area (Å²) in [6.07, 6.45) is 3.99. The number of morpholine rings is 1. The predicted molar refractivity (Wildman–Crippen MR) is 66.9 cm³/mol. The molecule has 1 fully saturated rings. The van der Waals surface area contributed by atoms with Crippen LogP contribution in [0.5, 0.6) is 0 Å². The van der Waals surface area contributed by atoms with Gasteiger partial charge in [0.25, 0.3) is 0 Å². The average Bonchev–Trinajstić information content (AvgIpc) is 2.72. The fourth-order valence-corrected chi connectivity index (χ4v) is 2.30. The van der Waals surface area contributed by atoms with E-state index in [0.717, 1.165) is 32.1 Å². The standard InChI is InChI=1S/C12H22N4O/c1-4-13-11(12-14-5-6-16(12)3)10-9-15(2)7-8-17-10/h5-6,10-11,13H,4,7-9H2,1-3H3. The maximum atomic E-state index is 5.88. The normalized spacial score (nSPS) is 23.8. The summed E-state index contributed by atoms with van der Waals surface area (Å²) in [6, 6.07) is 0.169. The van der Waals surface area contributed by atoms with Gasteiger partial charge < -0.3 is 19.5 Å². The maximum absolute atomic E-state index is 5.88. The van der Waals surface area contributed by atoms with Crippen LogP contribution in [0.1, 0.15) is 18.8 Å². The van der Waals surface area contributed by atoms with Crippen LogP contribution < -0.4 is 5.32 Å². The van der Waals surface area contributed by atoms with Crippen molar-refractivity contribution < 1.29 is 4.74 Å². The van der Waals surface area contributed by atoms with Crippen molar-refractivity contribution in [1.82, 2.24) is 19.8 Å². The van der Waals surface area contributed by atoms with Crippen LogP contribution in [-0.4, -0.2) is 53.8 Å². The highest BCUT2D eigenvalue weighted by molar-refractivity contribution is 5.03. The molecule has 0 radical (unpaired) electrons. The van der Waals surface area contributed by atoms with Crippen LogP contribution >= 0.6 is 0 Å². The highest BCUT2D eigenvalue weighted by atomic mass is 16.5. The van der Waals surface area contributed by atoms with E-state index < -0.39 is 0 Å². The molecule has 0 aliphatic carbocycles. The quantitative estimate of drug-likeness (QED) is 0.824. The van der Waals surface area contributed by atoms with Gasteiger partial charge in [-0.1, -0.05) is 6.92 Å². The number of nitrogens with one attached hydrogen (secondary N) is 1. The van der Waals surface area contributed by atoms with Crippen molar-refractivity contribution in [3.8, 4) is 0 Å². The number of rotatable bonds is 4. The maximum Gasteiger partial charge on any atom is 0.128 e. The smallest absolute Gasteiger partial charge is 0.128 e. The van der Waals surface area contributed by atoms with E-state index >= 15 is 0 Å². The molecule has 2 heterocycles. The van der Waals surface area contributed by atoms with Gasteiger partial charge in [0.15, 0.2) is 0 Å². The Labute approximate surface area is 103 Å². The van der Waals surface area contributed by atoms with E-state index in [1.807, 2.05) is 19.4 Å². The lowest BCUT2D eigenvalue weighted by atomic mass is 10.1. The lowest BCUT2D eigenvalue weighted by Crippen LogP contribution is -2.47. The number of hydrogen-bond acceptors (Lipinski definition) is 4. The molecule has 5 heteroatoms. The van der Waals surface area contributed by atoms with Crippen LogP contribution in [0.4, 0.5) is 0 Å². The summed E-state index contributed by atoms with van der Waals surface area (Å²) in [5, 5.41) is 3.48. The second-order valence-corrected chi connectivity index (χ2v) is 4.60. The van der Waals surface area contributed by atoms with Gasteiger partial charge in [-0.2, -0.15) is 0 Å². The van der Waals surface area contributed by atoms with Crippen molar-refractivity contribution in [2.24, 2.45) is 7.05 Å². The van der Waals surface area contributed by atoms with Crippen LogP contribution in [0, 0.1) is 0 Å². The number of likely N-dealkylation sites (N-methyl/N-ethyl adjacent to an activating group) is 2. The predicted octanol–water partition coefficient (Wildman–Crippen LogP) is 0.401. The molecule has 1 aromatic heterocycles. The zero-order chi connectivity index (χ0) is 12.3. The van der Waals surface area contributed by atoms with Gasteiger partial charge >= 0.3 is 0 Å². The minimum Gasteiger partial charge on any atom is -0.373 e. The summed E-state index contributed by atoms with van der Waals surface area (Å²) in [5.41, 5.74) is 0. The van der Waals surface area contributed by atoms with E-state index in [9.17, 15) is 0 Å². The zero-order valence-corrected chi connectivity index (χ0v) is 10.9. The van der Waals surface area contributed by atoms with E-state index in [0.29, 0.717) is 0 Å². The molecule has 5 nitrogen and oxygen atoms in total. The SMILES string of the molecule is CCNC(c1nccn1C)C1CN(C)CCO1. The second kappa shape index (κ2) is 5.62. The van der Waals surface area contributed by atoms with Gasteiger partial charge in [0.1, 0.15) is 5.82 Å². The van der Waals surface area contributed by atoms with Gasteiger partial charge in [-0.05, 0) is 13.6 Å². The van der Waals surface area contributed by atoms with E-state index in [2.05, 4.69) is 33.7 Å². The van der Waals surface area contributed by atoms with Crippen LogP contribution in [0.3, 0.4) is 0 Å². The van der Waals surface area contributed by atoms with Crippen molar-refractivity contribution >= 4 is 0 Å². The topological polar surface area (TPSA) is 42.3 Å². The number of ether oxygens (including phenoxy) is 1. The first kappa shape index (κ1) is 12.5. The Balaban J connectivity index is 2.14. The fraction of sp³-hybridized carbons (Fsp3) is 0.750. The molecule has 1 aliphatic heterocycles. The molecule has 17 heavy (non-hydrogen) atoms. The molecule has 0 spiro atoms. The van der Waals surface area contributed by atoms with Crippen molar-refractivity contribution in [3.05, 3.63) is 18.2 Å². The summed E-state index contributed by atoms with van der Waals surface area (Å²) in [5.74, 6) is 1.05. The molecule has 0 saturated carbocycles. The first-order chi connectivity index (χ1) is 8.22. The van der Waals surface area contributed by atoms with Gasteiger partial charge in [-0.15, -0.1) is 0 Å². The Morgan fingerprint density at radius 3 is 3.00 bits per heavy atom. The number of aryl methyl sites for hydroxylation is 1. The first-order valence-corrected chi connectivity index (χ1v) is 6.23. The molecule has 2 rings (SSSR count). The third kappa shape index (κ3) is 2.86. The van der Waals surface area contributed by atoms with Crippen LogP contribution in [-0.2, 0) is 11.8 Å². The van der Waals surface area contributed by atoms with E-state index in [1.165, 1.54) is 0 Å². The molecule has 1 aliphatic rings. The molecule has 2 atom stereocenters. The van der Waals surface area contributed by atoms with Crippen molar-refractivity contribution in [2.45, 2.75) is 19.1 Å². The molecular formula is C12H22N4O. The number of nitrogens with zero attached hydrogens (tertiary/aromatic N) is 3. The minimum absolute atomic E-state index is 0.169. The fourth-order valence-electron chi connectivity index (χ4n) is 2.30. The van der Waals surface area contributed by atoms with Gasteiger partial charge in [0.05, 0.1) is 18.8 Å². The molecule has 1 aromatic rings. The van der Waals surface area contributed by atoms with Crippen molar-refractivity contribution in [1.29, 1.82) is 0 Å². The summed E-state index contributed by atoms with van der Waals surface area (Å²) in [7, 11) is 4.16. The van der Waals surface area contributed by atoms with Crippen LogP contribution in [0.15, 0.2) is 12.4 Å². The minimum atomic E-state index is 0.169. The molecule has 96 valence electrons. The summed E-state index contributed by atoms with van der Waals surface area (Å²) in [6.45, 7) is 5.79. The van der Waals surface area contributed by atoms with Gasteiger partial charge in [-0.3, -0.25) is 0 Å². The van der Waals surface area contributed by atoms with Crippen molar-refractivity contribution in [2.75, 3.05) is 33.3 Å². The van der Waals surface area contributed by atoms with Gasteiger partial charge in [0, 0.05) is 32.5 Å². The Bertz CT molecular complexity index is 352. The third-order valence-corrected chi connectivity index (χ3v) is 3.23. The monoisotopic (exact) mass is 238 g/mol. The number of hydrogen-bond donors (Lipinski definition) is 1. The molecule has 1 N–H and O–H groups in total. The third-order valence-electron chi connectivity index (χ3n) is 3.23. The van der Waals surface area contributed by atoms with Crippen LogP contribution in [0.25, 0.3) is 0 Å². The highest BCUT2D eigenvalue weighted by Crippen LogP contribution is 2.20. The Morgan fingerprint density at radius 2 is 2.41 bits per heavy atom. The number of imidazole rings is 1. The highest BCUT2D eigenvalue weighted by Gasteiger charge is 2.29. The van der Waals surface area contributed by atoms with Crippen molar-refractivity contribution in [3.63, 3.8) is 0 Å². The molecule has 0 amide bonds. The lowest BCUT2D eigenvalue weighted by molar-refractivity contribution is -0.0409. The first-order valence-electron chi connectivity index (χ1n) is 6.23. The second-order valence-electron chi connectivity index (χ2n) is 4.60. The van der Waals surface area contributed by atoms with E-state index in [1.54, 1.807) is 0 Å². The van der Waals surface area contributed by atoms with E-state index in [-0.39, 0.29) is 12.1 Å². The molecule has 0 aromatic carbocycles. The largest absolute Gasteiger partial charge is 0.373 e.